The Morgan fingerprint density at radius 1 is 1.07 bits per heavy atom. The van der Waals surface area contributed by atoms with Gasteiger partial charge < -0.3 is 20.1 Å². The van der Waals surface area contributed by atoms with Gasteiger partial charge in [-0.25, -0.2) is 18.5 Å². The van der Waals surface area contributed by atoms with E-state index in [0.29, 0.717) is 25.6 Å². The Labute approximate surface area is 165 Å². The number of hydrogen-bond acceptors (Lipinski definition) is 5. The number of rotatable bonds is 8. The molecular weight excluding hydrogens is 380 g/mol. The molecule has 8 nitrogen and oxygen atoms in total. The molecule has 0 radical (unpaired) electrons. The molecule has 2 aromatic rings. The van der Waals surface area contributed by atoms with E-state index in [1.807, 2.05) is 25.1 Å². The highest BCUT2D eigenvalue weighted by Crippen LogP contribution is 2.24. The lowest BCUT2D eigenvalue weighted by Crippen LogP contribution is -2.36. The standard InChI is InChI=1S/C19H26N4O4S/c1-4-21-19(22-12-14-5-9-17(10-6-14)28(20,24)25)23-13-15-7-8-16(26-2)11-18(15)27-3/h5-11H,4,12-13H2,1-3H3,(H2,20,24,25)(H2,21,22,23). The van der Waals surface area contributed by atoms with E-state index < -0.39 is 10.0 Å². The van der Waals surface area contributed by atoms with Gasteiger partial charge in [-0.3, -0.25) is 0 Å². The predicted octanol–water partition coefficient (Wildman–Crippen LogP) is 1.61. The van der Waals surface area contributed by atoms with Gasteiger partial charge in [-0.15, -0.1) is 0 Å². The first-order valence-electron chi connectivity index (χ1n) is 8.72. The third-order valence-corrected chi connectivity index (χ3v) is 4.89. The van der Waals surface area contributed by atoms with Crippen molar-refractivity contribution in [1.29, 1.82) is 0 Å². The summed E-state index contributed by atoms with van der Waals surface area (Å²) < 4.78 is 33.3. The van der Waals surface area contributed by atoms with Gasteiger partial charge in [-0.2, -0.15) is 0 Å². The van der Waals surface area contributed by atoms with Crippen molar-refractivity contribution in [3.05, 3.63) is 53.6 Å². The van der Waals surface area contributed by atoms with Crippen molar-refractivity contribution in [2.75, 3.05) is 20.8 Å². The zero-order valence-electron chi connectivity index (χ0n) is 16.2. The molecule has 152 valence electrons. The van der Waals surface area contributed by atoms with Crippen LogP contribution in [0.1, 0.15) is 18.1 Å². The number of ether oxygens (including phenoxy) is 2. The fraction of sp³-hybridized carbons (Fsp3) is 0.316. The van der Waals surface area contributed by atoms with Gasteiger partial charge in [0.15, 0.2) is 5.96 Å². The Hall–Kier alpha value is -2.78. The summed E-state index contributed by atoms with van der Waals surface area (Å²) in [6.07, 6.45) is 0. The first kappa shape index (κ1) is 21.5. The van der Waals surface area contributed by atoms with Crippen LogP contribution >= 0.6 is 0 Å². The van der Waals surface area contributed by atoms with E-state index in [0.717, 1.165) is 22.6 Å². The van der Waals surface area contributed by atoms with Crippen molar-refractivity contribution >= 4 is 16.0 Å². The van der Waals surface area contributed by atoms with Crippen LogP contribution in [0.5, 0.6) is 11.5 Å². The number of hydrogen-bond donors (Lipinski definition) is 3. The fourth-order valence-electron chi connectivity index (χ4n) is 2.47. The highest BCUT2D eigenvalue weighted by atomic mass is 32.2. The number of nitrogens with two attached hydrogens (primary N) is 1. The lowest BCUT2D eigenvalue weighted by atomic mass is 10.2. The van der Waals surface area contributed by atoms with E-state index in [1.165, 1.54) is 12.1 Å². The maximum atomic E-state index is 11.3. The predicted molar refractivity (Wildman–Crippen MR) is 109 cm³/mol. The second-order valence-corrected chi connectivity index (χ2v) is 7.48. The molecule has 0 bridgehead atoms. The molecule has 0 spiro atoms. The maximum absolute atomic E-state index is 11.3. The highest BCUT2D eigenvalue weighted by Gasteiger charge is 2.08. The van der Waals surface area contributed by atoms with Crippen LogP contribution < -0.4 is 25.2 Å². The van der Waals surface area contributed by atoms with Crippen molar-refractivity contribution in [2.24, 2.45) is 10.1 Å². The Kier molecular flexibility index (Phi) is 7.65. The number of benzene rings is 2. The van der Waals surface area contributed by atoms with E-state index >= 15 is 0 Å². The molecule has 0 fully saturated rings. The van der Waals surface area contributed by atoms with Crippen LogP contribution in [0.4, 0.5) is 0 Å². The summed E-state index contributed by atoms with van der Waals surface area (Å²) in [5.74, 6) is 2.08. The minimum atomic E-state index is -3.69. The second-order valence-electron chi connectivity index (χ2n) is 5.92. The van der Waals surface area contributed by atoms with Crippen molar-refractivity contribution in [1.82, 2.24) is 10.6 Å². The molecular formula is C19H26N4O4S. The zero-order valence-corrected chi connectivity index (χ0v) is 17.0. The van der Waals surface area contributed by atoms with Crippen LogP contribution in [-0.4, -0.2) is 35.1 Å². The molecule has 0 amide bonds. The van der Waals surface area contributed by atoms with Gasteiger partial charge >= 0.3 is 0 Å². The Balaban J connectivity index is 2.06. The molecule has 0 atom stereocenters. The smallest absolute Gasteiger partial charge is 0.238 e. The average molecular weight is 407 g/mol. The largest absolute Gasteiger partial charge is 0.497 e. The molecule has 0 aliphatic rings. The van der Waals surface area contributed by atoms with Crippen molar-refractivity contribution in [3.63, 3.8) is 0 Å². The first-order chi connectivity index (χ1) is 13.4. The monoisotopic (exact) mass is 406 g/mol. The molecule has 28 heavy (non-hydrogen) atoms. The van der Waals surface area contributed by atoms with E-state index in [1.54, 1.807) is 26.4 Å². The zero-order chi connectivity index (χ0) is 20.6. The quantitative estimate of drug-likeness (QED) is 0.453. The van der Waals surface area contributed by atoms with Crippen LogP contribution in [0, 0.1) is 0 Å². The Morgan fingerprint density at radius 3 is 2.36 bits per heavy atom. The van der Waals surface area contributed by atoms with Gasteiger partial charge in [0, 0.05) is 24.7 Å². The van der Waals surface area contributed by atoms with Crippen LogP contribution in [0.2, 0.25) is 0 Å². The molecule has 2 aromatic carbocycles. The lowest BCUT2D eigenvalue weighted by molar-refractivity contribution is 0.390. The summed E-state index contributed by atoms with van der Waals surface area (Å²) in [6.45, 7) is 3.59. The summed E-state index contributed by atoms with van der Waals surface area (Å²) in [4.78, 5) is 4.61. The van der Waals surface area contributed by atoms with Gasteiger partial charge in [0.1, 0.15) is 11.5 Å². The first-order valence-corrected chi connectivity index (χ1v) is 10.3. The van der Waals surface area contributed by atoms with E-state index in [-0.39, 0.29) is 4.90 Å². The van der Waals surface area contributed by atoms with Crippen LogP contribution in [0.15, 0.2) is 52.4 Å². The summed E-state index contributed by atoms with van der Waals surface area (Å²) in [7, 11) is -0.469. The molecule has 9 heteroatoms. The number of nitrogens with one attached hydrogen (secondary N) is 2. The molecule has 0 aliphatic carbocycles. The molecule has 0 aliphatic heterocycles. The van der Waals surface area contributed by atoms with Crippen LogP contribution in [-0.2, 0) is 23.1 Å². The number of sulfonamides is 1. The molecule has 4 N–H and O–H groups in total. The Morgan fingerprint density at radius 2 is 1.79 bits per heavy atom. The van der Waals surface area contributed by atoms with Gasteiger partial charge in [-0.1, -0.05) is 12.1 Å². The number of aliphatic imine (C=N–C) groups is 1. The number of guanidine groups is 1. The Bertz CT molecular complexity index is 912. The number of primary sulfonamides is 1. The summed E-state index contributed by atoms with van der Waals surface area (Å²) in [6, 6.07) is 12.0. The molecule has 0 unspecified atom stereocenters. The van der Waals surface area contributed by atoms with Gasteiger partial charge in [0.05, 0.1) is 25.7 Å². The second kappa shape index (κ2) is 9.95. The van der Waals surface area contributed by atoms with Crippen molar-refractivity contribution in [3.8, 4) is 11.5 Å². The molecule has 2 rings (SSSR count). The van der Waals surface area contributed by atoms with Gasteiger partial charge in [-0.05, 0) is 36.8 Å². The fourth-order valence-corrected chi connectivity index (χ4v) is 2.99. The highest BCUT2D eigenvalue weighted by molar-refractivity contribution is 7.89. The van der Waals surface area contributed by atoms with Crippen molar-refractivity contribution < 1.29 is 17.9 Å². The van der Waals surface area contributed by atoms with Crippen LogP contribution in [0.25, 0.3) is 0 Å². The molecule has 0 heterocycles. The topological polar surface area (TPSA) is 115 Å². The molecule has 0 aromatic heterocycles. The maximum Gasteiger partial charge on any atom is 0.238 e. The summed E-state index contributed by atoms with van der Waals surface area (Å²) >= 11 is 0. The summed E-state index contributed by atoms with van der Waals surface area (Å²) in [5.41, 5.74) is 1.83. The van der Waals surface area contributed by atoms with E-state index in [4.69, 9.17) is 14.6 Å². The van der Waals surface area contributed by atoms with Crippen molar-refractivity contribution in [2.45, 2.75) is 24.9 Å². The van der Waals surface area contributed by atoms with Crippen LogP contribution in [0.3, 0.4) is 0 Å². The third kappa shape index (κ3) is 6.14. The lowest BCUT2D eigenvalue weighted by Gasteiger charge is -2.14. The molecule has 0 saturated heterocycles. The van der Waals surface area contributed by atoms with Gasteiger partial charge in [0.25, 0.3) is 0 Å². The number of methoxy groups -OCH3 is 2. The average Bonchev–Trinajstić information content (AvgIpc) is 2.69. The minimum absolute atomic E-state index is 0.0804. The van der Waals surface area contributed by atoms with Gasteiger partial charge in [0.2, 0.25) is 10.0 Å². The molecule has 0 saturated carbocycles. The summed E-state index contributed by atoms with van der Waals surface area (Å²) in [5, 5.41) is 11.5. The van der Waals surface area contributed by atoms with E-state index in [9.17, 15) is 8.42 Å². The van der Waals surface area contributed by atoms with E-state index in [2.05, 4.69) is 15.6 Å². The number of nitrogens with zero attached hydrogens (tertiary/aromatic N) is 1. The minimum Gasteiger partial charge on any atom is -0.497 e. The SMILES string of the molecule is CCNC(=NCc1ccc(S(N)(=O)=O)cc1)NCc1ccc(OC)cc1OC. The normalized spacial score (nSPS) is 11.8. The third-order valence-electron chi connectivity index (χ3n) is 3.96.